The third-order valence-corrected chi connectivity index (χ3v) is 17.6. The number of hydrogen-bond donors (Lipinski definition) is 0. The topological polar surface area (TPSA) is 36.9 Å². The van der Waals surface area contributed by atoms with Crippen molar-refractivity contribution in [3.63, 3.8) is 0 Å². The van der Waals surface area contributed by atoms with Gasteiger partial charge in [0.1, 0.15) is 0 Å². The summed E-state index contributed by atoms with van der Waals surface area (Å²) >= 11 is 0. The lowest BCUT2D eigenvalue weighted by atomic mass is 10.1. The van der Waals surface area contributed by atoms with Crippen LogP contribution in [0.2, 0.25) is 0 Å². The Bertz CT molecular complexity index is 1560. The second kappa shape index (κ2) is 17.7. The molecule has 270 valence electrons. The smallest absolute Gasteiger partial charge is 0.0915 e. The molecule has 2 heterocycles. The van der Waals surface area contributed by atoms with Gasteiger partial charge in [0, 0.05) is 22.6 Å². The van der Waals surface area contributed by atoms with Gasteiger partial charge in [0.05, 0.1) is 50.8 Å². The van der Waals surface area contributed by atoms with E-state index in [9.17, 15) is 0 Å². The van der Waals surface area contributed by atoms with E-state index >= 15 is 0 Å². The van der Waals surface area contributed by atoms with E-state index in [1.54, 1.807) is 0 Å². The molecule has 2 saturated heterocycles. The number of rotatable bonds is 14. The van der Waals surface area contributed by atoms with E-state index in [0.717, 1.165) is 0 Å². The van der Waals surface area contributed by atoms with E-state index in [-0.39, 0.29) is 24.4 Å². The minimum atomic E-state index is -0.609. The van der Waals surface area contributed by atoms with Crippen LogP contribution in [-0.4, -0.2) is 47.1 Å². The Hall–Kier alpha value is -3.20. The van der Waals surface area contributed by atoms with Crippen molar-refractivity contribution in [1.29, 1.82) is 0 Å². The molecule has 52 heavy (non-hydrogen) atoms. The fraction of sp³-hybridized carbons (Fsp3) is 0.348. The van der Waals surface area contributed by atoms with Gasteiger partial charge in [-0.05, 0) is 32.9 Å². The highest BCUT2D eigenvalue weighted by molar-refractivity contribution is 7.73. The summed E-state index contributed by atoms with van der Waals surface area (Å²) in [5.74, 6) is 0. The van der Waals surface area contributed by atoms with Gasteiger partial charge in [-0.2, -0.15) is 0 Å². The van der Waals surface area contributed by atoms with Gasteiger partial charge >= 0.3 is 0 Å². The van der Waals surface area contributed by atoms with Crippen molar-refractivity contribution in [3.8, 4) is 0 Å². The summed E-state index contributed by atoms with van der Waals surface area (Å²) in [6.45, 7) is 12.0. The van der Waals surface area contributed by atoms with Crippen molar-refractivity contribution >= 4 is 26.5 Å². The van der Waals surface area contributed by atoms with Crippen LogP contribution in [0.5, 0.6) is 0 Å². The zero-order chi connectivity index (χ0) is 35.9. The van der Waals surface area contributed by atoms with Crippen molar-refractivity contribution in [2.45, 2.75) is 101 Å². The maximum absolute atomic E-state index is 6.87. The van der Waals surface area contributed by atoms with Gasteiger partial charge in [-0.1, -0.05) is 189 Å². The van der Waals surface area contributed by atoms with E-state index in [1.165, 1.54) is 32.9 Å². The Morgan fingerprint density at radius 2 is 0.538 bits per heavy atom. The molecule has 4 nitrogen and oxygen atoms in total. The van der Waals surface area contributed by atoms with Crippen molar-refractivity contribution in [2.75, 3.05) is 0 Å². The summed E-state index contributed by atoms with van der Waals surface area (Å²) in [6.07, 6.45) is -0.0252. The van der Waals surface area contributed by atoms with Crippen LogP contribution < -0.4 is 10.6 Å². The number of hydrogen-bond acceptors (Lipinski definition) is 4. The molecule has 0 saturated carbocycles. The van der Waals surface area contributed by atoms with E-state index < -0.39 is 15.8 Å². The van der Waals surface area contributed by atoms with Crippen molar-refractivity contribution in [2.24, 2.45) is 0 Å². The van der Waals surface area contributed by atoms with Crippen molar-refractivity contribution < 1.29 is 18.9 Å². The molecule has 2 aliphatic heterocycles. The quantitative estimate of drug-likeness (QED) is 0.107. The average Bonchev–Trinajstić information content (AvgIpc) is 3.57. The first-order valence-electron chi connectivity index (χ1n) is 18.8. The highest BCUT2D eigenvalue weighted by atomic mass is 31.1. The Balaban J connectivity index is 1.18. The summed E-state index contributed by atoms with van der Waals surface area (Å²) in [4.78, 5) is 0. The molecule has 0 radical (unpaired) electrons. The molecule has 5 aromatic rings. The van der Waals surface area contributed by atoms with E-state index in [4.69, 9.17) is 18.9 Å². The lowest BCUT2D eigenvalue weighted by Crippen LogP contribution is -2.36. The molecule has 0 spiro atoms. The van der Waals surface area contributed by atoms with Crippen LogP contribution in [0.15, 0.2) is 146 Å². The number of benzene rings is 5. The SMILES string of the molecule is C[C@H]1[C@@H](OCc2ccccc2)[C@H](OCc2ccccc2)[C@H](C)P1c1ccccc1P1[C@@H](C)[C@@H](OCc2ccccc2)[C@H](OCc2ccccc2)[C@@H]1C. The Labute approximate surface area is 313 Å². The molecule has 2 aliphatic rings. The predicted molar refractivity (Wildman–Crippen MR) is 217 cm³/mol. The molecular formula is C46H52O4P2. The summed E-state index contributed by atoms with van der Waals surface area (Å²) < 4.78 is 27.5. The number of ether oxygens (including phenoxy) is 4. The van der Waals surface area contributed by atoms with Crippen molar-refractivity contribution in [3.05, 3.63) is 168 Å². The first kappa shape index (κ1) is 37.1. The molecule has 5 aromatic carbocycles. The first-order valence-corrected chi connectivity index (χ1v) is 21.7. The second-order valence-corrected chi connectivity index (χ2v) is 20.2. The van der Waals surface area contributed by atoms with Crippen LogP contribution in [0.3, 0.4) is 0 Å². The van der Waals surface area contributed by atoms with E-state index in [1.807, 2.05) is 0 Å². The normalized spacial score (nSPS) is 28.6. The monoisotopic (exact) mass is 730 g/mol. The summed E-state index contributed by atoms with van der Waals surface area (Å²) in [7, 11) is -1.22. The minimum Gasteiger partial charge on any atom is -0.370 e. The summed E-state index contributed by atoms with van der Waals surface area (Å²) in [5.41, 5.74) is 6.09. The van der Waals surface area contributed by atoms with Crippen LogP contribution in [0.1, 0.15) is 49.9 Å². The fourth-order valence-electron chi connectivity index (χ4n) is 8.25. The van der Waals surface area contributed by atoms with Crippen LogP contribution in [0.25, 0.3) is 0 Å². The lowest BCUT2D eigenvalue weighted by Gasteiger charge is -2.31. The molecular weight excluding hydrogens is 678 g/mol. The lowest BCUT2D eigenvalue weighted by molar-refractivity contribution is -0.0758. The Kier molecular flexibility index (Phi) is 12.7. The largest absolute Gasteiger partial charge is 0.370 e. The van der Waals surface area contributed by atoms with E-state index in [0.29, 0.717) is 49.1 Å². The molecule has 2 fully saturated rings. The second-order valence-electron chi connectivity index (χ2n) is 14.3. The van der Waals surface area contributed by atoms with Gasteiger partial charge in [-0.25, -0.2) is 0 Å². The van der Waals surface area contributed by atoms with Gasteiger partial charge in [0.25, 0.3) is 0 Å². The predicted octanol–water partition coefficient (Wildman–Crippen LogP) is 9.82. The van der Waals surface area contributed by atoms with Gasteiger partial charge < -0.3 is 18.9 Å². The maximum atomic E-state index is 6.87. The van der Waals surface area contributed by atoms with Crippen LogP contribution in [0.4, 0.5) is 0 Å². The Morgan fingerprint density at radius 1 is 0.327 bits per heavy atom. The average molecular weight is 731 g/mol. The molecule has 0 aromatic heterocycles. The molecule has 0 bridgehead atoms. The highest BCUT2D eigenvalue weighted by Gasteiger charge is 2.52. The maximum Gasteiger partial charge on any atom is 0.0915 e. The van der Waals surface area contributed by atoms with Gasteiger partial charge in [-0.3, -0.25) is 0 Å². The molecule has 7 rings (SSSR count). The van der Waals surface area contributed by atoms with Gasteiger partial charge in [-0.15, -0.1) is 0 Å². The third kappa shape index (κ3) is 8.45. The molecule has 0 N–H and O–H groups in total. The Morgan fingerprint density at radius 3 is 0.769 bits per heavy atom. The zero-order valence-electron chi connectivity index (χ0n) is 30.8. The minimum absolute atomic E-state index is 0.00630. The summed E-state index contributed by atoms with van der Waals surface area (Å²) in [6, 6.07) is 51.5. The molecule has 0 amide bonds. The highest BCUT2D eigenvalue weighted by Crippen LogP contribution is 2.61. The van der Waals surface area contributed by atoms with Crippen LogP contribution in [-0.2, 0) is 45.4 Å². The van der Waals surface area contributed by atoms with E-state index in [2.05, 4.69) is 173 Å². The van der Waals surface area contributed by atoms with Gasteiger partial charge in [0.2, 0.25) is 0 Å². The molecule has 8 atom stereocenters. The zero-order valence-corrected chi connectivity index (χ0v) is 32.6. The van der Waals surface area contributed by atoms with Gasteiger partial charge in [0.15, 0.2) is 0 Å². The molecule has 0 aliphatic carbocycles. The third-order valence-electron chi connectivity index (χ3n) is 10.9. The molecule has 6 heteroatoms. The first-order chi connectivity index (χ1) is 25.5. The van der Waals surface area contributed by atoms with Crippen LogP contribution >= 0.6 is 15.8 Å². The van der Waals surface area contributed by atoms with Crippen LogP contribution in [0, 0.1) is 0 Å². The standard InChI is InChI=1S/C46H52O4P2/c1-33-43(47-29-37-19-9-5-10-20-37)44(48-30-38-21-11-6-12-22-38)34(2)51(33)41-27-17-18-28-42(41)52-35(3)45(49-31-39-23-13-7-14-24-39)46(36(52)4)50-32-40-25-15-8-16-26-40/h5-28,33-36,43-46H,29-32H2,1-4H3/t33-,34-,35-,36-,43+,44+,45+,46+/m0/s1. The fourth-order valence-corrected chi connectivity index (χ4v) is 15.7. The van der Waals surface area contributed by atoms with Crippen molar-refractivity contribution in [1.82, 2.24) is 0 Å². The molecule has 0 unspecified atom stereocenters. The summed E-state index contributed by atoms with van der Waals surface area (Å²) in [5, 5.41) is 3.01.